The van der Waals surface area contributed by atoms with Crippen molar-refractivity contribution in [1.82, 2.24) is 9.55 Å². The third-order valence-corrected chi connectivity index (χ3v) is 2.93. The molecule has 3 nitrogen and oxygen atoms in total. The number of hydrogen-bond donors (Lipinski definition) is 1. The summed E-state index contributed by atoms with van der Waals surface area (Å²) in [5.74, 6) is 0.399. The number of nitrogens with zero attached hydrogens (tertiary/aromatic N) is 2. The van der Waals surface area contributed by atoms with Crippen LogP contribution in [0.25, 0.3) is 11.0 Å². The van der Waals surface area contributed by atoms with Crippen molar-refractivity contribution >= 4 is 11.0 Å². The van der Waals surface area contributed by atoms with Gasteiger partial charge in [0, 0.05) is 6.54 Å². The highest BCUT2D eigenvalue weighted by atomic mass is 19.4. The molecular formula is C13H15F3N2O. The summed E-state index contributed by atoms with van der Waals surface area (Å²) in [6.45, 7) is 4.13. The van der Waals surface area contributed by atoms with Crippen LogP contribution in [-0.4, -0.2) is 14.7 Å². The van der Waals surface area contributed by atoms with Gasteiger partial charge in [0.2, 0.25) is 0 Å². The van der Waals surface area contributed by atoms with Gasteiger partial charge in [-0.25, -0.2) is 4.98 Å². The van der Waals surface area contributed by atoms with Gasteiger partial charge in [0.25, 0.3) is 0 Å². The van der Waals surface area contributed by atoms with E-state index in [0.29, 0.717) is 17.9 Å². The van der Waals surface area contributed by atoms with E-state index in [2.05, 4.69) is 4.98 Å². The number of aliphatic hydroxyl groups excluding tert-OH is 1. The number of imidazole rings is 1. The molecule has 19 heavy (non-hydrogen) atoms. The fraction of sp³-hybridized carbons (Fsp3) is 0.462. The fourth-order valence-electron chi connectivity index (χ4n) is 2.10. The average Bonchev–Trinajstić information content (AvgIpc) is 2.67. The van der Waals surface area contributed by atoms with Gasteiger partial charge in [-0.1, -0.05) is 6.92 Å². The maximum Gasteiger partial charge on any atom is 0.416 e. The van der Waals surface area contributed by atoms with Crippen LogP contribution < -0.4 is 0 Å². The first kappa shape index (κ1) is 13.9. The zero-order valence-electron chi connectivity index (χ0n) is 10.7. The Bertz CT molecular complexity index is 587. The van der Waals surface area contributed by atoms with Crippen LogP contribution in [0.2, 0.25) is 0 Å². The van der Waals surface area contributed by atoms with Crippen LogP contribution in [-0.2, 0) is 12.7 Å². The molecule has 0 radical (unpaired) electrons. The van der Waals surface area contributed by atoms with E-state index in [9.17, 15) is 18.3 Å². The predicted molar refractivity (Wildman–Crippen MR) is 65.7 cm³/mol. The average molecular weight is 272 g/mol. The summed E-state index contributed by atoms with van der Waals surface area (Å²) in [4.78, 5) is 4.12. The smallest absolute Gasteiger partial charge is 0.385 e. The third kappa shape index (κ3) is 2.58. The van der Waals surface area contributed by atoms with Crippen molar-refractivity contribution in [2.24, 2.45) is 0 Å². The SMILES string of the molecule is CCCn1c([C@@H](C)O)nc2cc(C(F)(F)F)ccc21. The van der Waals surface area contributed by atoms with Crippen molar-refractivity contribution in [3.05, 3.63) is 29.6 Å². The lowest BCUT2D eigenvalue weighted by Crippen LogP contribution is -2.06. The minimum atomic E-state index is -4.38. The minimum Gasteiger partial charge on any atom is -0.385 e. The van der Waals surface area contributed by atoms with Crippen molar-refractivity contribution in [3.8, 4) is 0 Å². The highest BCUT2D eigenvalue weighted by Crippen LogP contribution is 2.32. The molecule has 0 aliphatic carbocycles. The Morgan fingerprint density at radius 3 is 2.58 bits per heavy atom. The second kappa shape index (κ2) is 4.85. The molecular weight excluding hydrogens is 257 g/mol. The first-order chi connectivity index (χ1) is 8.84. The largest absolute Gasteiger partial charge is 0.416 e. The van der Waals surface area contributed by atoms with Gasteiger partial charge < -0.3 is 9.67 Å². The fourth-order valence-corrected chi connectivity index (χ4v) is 2.10. The molecule has 0 saturated carbocycles. The highest BCUT2D eigenvalue weighted by molar-refractivity contribution is 5.77. The molecule has 1 heterocycles. The van der Waals surface area contributed by atoms with Gasteiger partial charge in [0.1, 0.15) is 11.9 Å². The zero-order valence-corrected chi connectivity index (χ0v) is 10.7. The van der Waals surface area contributed by atoms with Gasteiger partial charge in [-0.2, -0.15) is 13.2 Å². The molecule has 0 aliphatic rings. The molecule has 0 spiro atoms. The van der Waals surface area contributed by atoms with E-state index in [1.165, 1.54) is 6.07 Å². The number of rotatable bonds is 3. The lowest BCUT2D eigenvalue weighted by atomic mass is 10.2. The van der Waals surface area contributed by atoms with Gasteiger partial charge in [-0.3, -0.25) is 0 Å². The summed E-state index contributed by atoms with van der Waals surface area (Å²) in [6.07, 6.45) is -4.38. The molecule has 1 atom stereocenters. The first-order valence-corrected chi connectivity index (χ1v) is 6.10. The molecule has 2 aromatic rings. The van der Waals surface area contributed by atoms with Crippen LogP contribution in [0.4, 0.5) is 13.2 Å². The number of aromatic nitrogens is 2. The zero-order chi connectivity index (χ0) is 14.2. The molecule has 0 fully saturated rings. The Kier molecular flexibility index (Phi) is 3.54. The van der Waals surface area contributed by atoms with Crippen LogP contribution in [0.3, 0.4) is 0 Å². The van der Waals surface area contributed by atoms with Gasteiger partial charge in [0.15, 0.2) is 0 Å². The lowest BCUT2D eigenvalue weighted by molar-refractivity contribution is -0.137. The summed E-state index contributed by atoms with van der Waals surface area (Å²) in [7, 11) is 0. The molecule has 104 valence electrons. The van der Waals surface area contributed by atoms with Crippen LogP contribution >= 0.6 is 0 Å². The maximum atomic E-state index is 12.6. The van der Waals surface area contributed by atoms with Gasteiger partial charge in [0.05, 0.1) is 16.6 Å². The Hall–Kier alpha value is -1.56. The van der Waals surface area contributed by atoms with Crippen LogP contribution in [0.1, 0.15) is 37.8 Å². The molecule has 1 N–H and O–H groups in total. The summed E-state index contributed by atoms with van der Waals surface area (Å²) in [5, 5.41) is 9.66. The molecule has 2 rings (SSSR count). The second-order valence-electron chi connectivity index (χ2n) is 4.50. The standard InChI is InChI=1S/C13H15F3N2O/c1-3-6-18-11-5-4-9(13(14,15)16)7-10(11)17-12(18)8(2)19/h4-5,7-8,19H,3,6H2,1-2H3/t8-/m1/s1. The van der Waals surface area contributed by atoms with E-state index in [-0.39, 0.29) is 5.52 Å². The monoisotopic (exact) mass is 272 g/mol. The quantitative estimate of drug-likeness (QED) is 0.928. The van der Waals surface area contributed by atoms with Crippen molar-refractivity contribution in [2.45, 2.75) is 39.1 Å². The number of halogens is 3. The highest BCUT2D eigenvalue weighted by Gasteiger charge is 2.31. The normalized spacial score (nSPS) is 14.0. The van der Waals surface area contributed by atoms with E-state index in [1.54, 1.807) is 11.5 Å². The summed E-state index contributed by atoms with van der Waals surface area (Å²) < 4.78 is 39.7. The number of alkyl halides is 3. The summed E-state index contributed by atoms with van der Waals surface area (Å²) >= 11 is 0. The Balaban J connectivity index is 2.62. The topological polar surface area (TPSA) is 38.0 Å². The van der Waals surface area contributed by atoms with Gasteiger partial charge >= 0.3 is 6.18 Å². The number of aryl methyl sites for hydroxylation is 1. The number of hydrogen-bond acceptors (Lipinski definition) is 2. The summed E-state index contributed by atoms with van der Waals surface area (Å²) in [5.41, 5.74) is 0.156. The van der Waals surface area contributed by atoms with Crippen LogP contribution in [0, 0.1) is 0 Å². The Morgan fingerprint density at radius 2 is 2.05 bits per heavy atom. The molecule has 0 amide bonds. The molecule has 0 unspecified atom stereocenters. The van der Waals surface area contributed by atoms with Gasteiger partial charge in [-0.05, 0) is 31.5 Å². The van der Waals surface area contributed by atoms with Crippen molar-refractivity contribution in [1.29, 1.82) is 0 Å². The predicted octanol–water partition coefficient (Wildman–Crippen LogP) is 3.52. The number of benzene rings is 1. The molecule has 1 aromatic heterocycles. The van der Waals surface area contributed by atoms with Gasteiger partial charge in [-0.15, -0.1) is 0 Å². The summed E-state index contributed by atoms with van der Waals surface area (Å²) in [6, 6.07) is 3.47. The number of aliphatic hydroxyl groups is 1. The van der Waals surface area contributed by atoms with E-state index in [4.69, 9.17) is 0 Å². The van der Waals surface area contributed by atoms with E-state index >= 15 is 0 Å². The molecule has 1 aromatic carbocycles. The Labute approximate surface area is 108 Å². The van der Waals surface area contributed by atoms with Crippen molar-refractivity contribution < 1.29 is 18.3 Å². The maximum absolute atomic E-state index is 12.6. The van der Waals surface area contributed by atoms with Crippen molar-refractivity contribution in [3.63, 3.8) is 0 Å². The number of fused-ring (bicyclic) bond motifs is 1. The molecule has 0 bridgehead atoms. The van der Waals surface area contributed by atoms with Crippen LogP contribution in [0.15, 0.2) is 18.2 Å². The molecule has 6 heteroatoms. The van der Waals surface area contributed by atoms with E-state index in [0.717, 1.165) is 18.6 Å². The van der Waals surface area contributed by atoms with Crippen LogP contribution in [0.5, 0.6) is 0 Å². The Morgan fingerprint density at radius 1 is 1.37 bits per heavy atom. The van der Waals surface area contributed by atoms with E-state index in [1.807, 2.05) is 6.92 Å². The molecule has 0 saturated heterocycles. The van der Waals surface area contributed by atoms with E-state index < -0.39 is 17.8 Å². The minimum absolute atomic E-state index is 0.263. The molecule has 0 aliphatic heterocycles. The van der Waals surface area contributed by atoms with Crippen molar-refractivity contribution in [2.75, 3.05) is 0 Å². The lowest BCUT2D eigenvalue weighted by Gasteiger charge is -2.09. The second-order valence-corrected chi connectivity index (χ2v) is 4.50. The first-order valence-electron chi connectivity index (χ1n) is 6.10. The third-order valence-electron chi connectivity index (χ3n) is 2.93.